The summed E-state index contributed by atoms with van der Waals surface area (Å²) in [7, 11) is 2.27. The topological polar surface area (TPSA) is 27.7 Å². The molecule has 0 amide bonds. The van der Waals surface area contributed by atoms with E-state index < -0.39 is 0 Å². The van der Waals surface area contributed by atoms with Crippen LogP contribution in [-0.4, -0.2) is 75.9 Å². The summed E-state index contributed by atoms with van der Waals surface area (Å²) in [6.45, 7) is 10.4. The predicted octanol–water partition coefficient (Wildman–Crippen LogP) is 0.640. The molecule has 0 radical (unpaired) electrons. The minimum atomic E-state index is 0.903. The van der Waals surface area contributed by atoms with Gasteiger partial charge in [-0.1, -0.05) is 0 Å². The summed E-state index contributed by atoms with van der Waals surface area (Å²) >= 11 is 0. The lowest BCUT2D eigenvalue weighted by atomic mass is 9.96. The summed E-state index contributed by atoms with van der Waals surface area (Å²) in [6.07, 6.45) is 3.89. The van der Waals surface area contributed by atoms with Gasteiger partial charge in [-0.2, -0.15) is 0 Å². The van der Waals surface area contributed by atoms with E-state index in [0.29, 0.717) is 0 Å². The zero-order valence-electron chi connectivity index (χ0n) is 11.9. The van der Waals surface area contributed by atoms with Crippen molar-refractivity contribution in [1.29, 1.82) is 0 Å². The molecule has 0 aromatic carbocycles. The lowest BCUT2D eigenvalue weighted by Gasteiger charge is -2.30. The van der Waals surface area contributed by atoms with Crippen molar-refractivity contribution < 1.29 is 4.74 Å². The van der Waals surface area contributed by atoms with Gasteiger partial charge in [0.2, 0.25) is 0 Å². The lowest BCUT2D eigenvalue weighted by molar-refractivity contribution is 0.0606. The molecule has 0 aromatic heterocycles. The molecule has 18 heavy (non-hydrogen) atoms. The molecule has 0 saturated carbocycles. The van der Waals surface area contributed by atoms with Crippen LogP contribution in [0.2, 0.25) is 0 Å². The first-order valence-corrected chi connectivity index (χ1v) is 7.54. The fourth-order valence-corrected chi connectivity index (χ4v) is 2.80. The van der Waals surface area contributed by atoms with Crippen LogP contribution in [0.4, 0.5) is 0 Å². The van der Waals surface area contributed by atoms with Crippen molar-refractivity contribution in [2.75, 3.05) is 66.1 Å². The molecular formula is C14H29N3O. The van der Waals surface area contributed by atoms with E-state index in [1.165, 1.54) is 52.0 Å². The van der Waals surface area contributed by atoms with Crippen LogP contribution in [0.5, 0.6) is 0 Å². The van der Waals surface area contributed by atoms with Gasteiger partial charge >= 0.3 is 0 Å². The van der Waals surface area contributed by atoms with Crippen molar-refractivity contribution in [2.24, 2.45) is 5.92 Å². The Morgan fingerprint density at radius 2 is 1.89 bits per heavy atom. The highest BCUT2D eigenvalue weighted by Crippen LogP contribution is 2.18. The highest BCUT2D eigenvalue weighted by atomic mass is 16.5. The second-order valence-electron chi connectivity index (χ2n) is 5.74. The van der Waals surface area contributed by atoms with Crippen molar-refractivity contribution >= 4 is 0 Å². The third-order valence-electron chi connectivity index (χ3n) is 4.27. The first kappa shape index (κ1) is 14.3. The van der Waals surface area contributed by atoms with Gasteiger partial charge in [-0.3, -0.25) is 4.90 Å². The van der Waals surface area contributed by atoms with Gasteiger partial charge < -0.3 is 15.0 Å². The molecule has 2 rings (SSSR count). The first-order chi connectivity index (χ1) is 8.84. The maximum Gasteiger partial charge on any atom is 0.0468 e. The van der Waals surface area contributed by atoms with Crippen molar-refractivity contribution in [3.05, 3.63) is 0 Å². The van der Waals surface area contributed by atoms with Gasteiger partial charge in [0.15, 0.2) is 0 Å². The summed E-state index contributed by atoms with van der Waals surface area (Å²) in [5.41, 5.74) is 0. The molecule has 2 heterocycles. The molecule has 4 nitrogen and oxygen atoms in total. The number of nitrogens with one attached hydrogen (secondary N) is 1. The molecule has 4 heteroatoms. The van der Waals surface area contributed by atoms with Crippen LogP contribution in [0.15, 0.2) is 0 Å². The van der Waals surface area contributed by atoms with Gasteiger partial charge in [-0.05, 0) is 38.8 Å². The Bertz CT molecular complexity index is 191. The van der Waals surface area contributed by atoms with Gasteiger partial charge in [-0.25, -0.2) is 0 Å². The SMILES string of the molecule is CN(CCC1CCOCC1)CCN1CCNCC1. The van der Waals surface area contributed by atoms with E-state index in [0.717, 1.165) is 32.2 Å². The minimum absolute atomic E-state index is 0.903. The molecular weight excluding hydrogens is 226 g/mol. The summed E-state index contributed by atoms with van der Waals surface area (Å²) < 4.78 is 5.41. The standard InChI is InChI=1S/C14H29N3O/c1-16(7-2-14-3-12-18-13-4-14)10-11-17-8-5-15-6-9-17/h14-15H,2-13H2,1H3. The summed E-state index contributed by atoms with van der Waals surface area (Å²) in [5, 5.41) is 3.40. The summed E-state index contributed by atoms with van der Waals surface area (Å²) in [4.78, 5) is 5.07. The highest BCUT2D eigenvalue weighted by Gasteiger charge is 2.15. The van der Waals surface area contributed by atoms with Crippen LogP contribution in [0, 0.1) is 5.92 Å². The van der Waals surface area contributed by atoms with E-state index in [2.05, 4.69) is 22.2 Å². The van der Waals surface area contributed by atoms with Crippen molar-refractivity contribution in [3.8, 4) is 0 Å². The number of ether oxygens (including phenoxy) is 1. The van der Waals surface area contributed by atoms with E-state index in [9.17, 15) is 0 Å². The zero-order chi connectivity index (χ0) is 12.6. The third-order valence-corrected chi connectivity index (χ3v) is 4.27. The lowest BCUT2D eigenvalue weighted by Crippen LogP contribution is -2.46. The number of nitrogens with zero attached hydrogens (tertiary/aromatic N) is 2. The van der Waals surface area contributed by atoms with E-state index >= 15 is 0 Å². The van der Waals surface area contributed by atoms with E-state index in [4.69, 9.17) is 4.74 Å². The maximum absolute atomic E-state index is 5.41. The van der Waals surface area contributed by atoms with Crippen LogP contribution in [0.3, 0.4) is 0 Å². The smallest absolute Gasteiger partial charge is 0.0468 e. The summed E-state index contributed by atoms with van der Waals surface area (Å²) in [6, 6.07) is 0. The maximum atomic E-state index is 5.41. The fraction of sp³-hybridized carbons (Fsp3) is 1.00. The number of hydrogen-bond acceptors (Lipinski definition) is 4. The number of piperazine rings is 1. The average Bonchev–Trinajstić information content (AvgIpc) is 2.45. The average molecular weight is 255 g/mol. The molecule has 2 aliphatic rings. The Hall–Kier alpha value is -0.160. The van der Waals surface area contributed by atoms with Crippen molar-refractivity contribution in [3.63, 3.8) is 0 Å². The van der Waals surface area contributed by atoms with E-state index in [-0.39, 0.29) is 0 Å². The largest absolute Gasteiger partial charge is 0.381 e. The minimum Gasteiger partial charge on any atom is -0.381 e. The molecule has 0 unspecified atom stereocenters. The second kappa shape index (κ2) is 8.10. The third kappa shape index (κ3) is 5.22. The van der Waals surface area contributed by atoms with Gasteiger partial charge in [0.05, 0.1) is 0 Å². The molecule has 2 saturated heterocycles. The van der Waals surface area contributed by atoms with Crippen LogP contribution in [0.1, 0.15) is 19.3 Å². The van der Waals surface area contributed by atoms with E-state index in [1.54, 1.807) is 0 Å². The molecule has 2 fully saturated rings. The normalized spacial score (nSPS) is 23.7. The molecule has 0 spiro atoms. The Balaban J connectivity index is 1.52. The van der Waals surface area contributed by atoms with Crippen LogP contribution in [-0.2, 0) is 4.74 Å². The van der Waals surface area contributed by atoms with Crippen LogP contribution < -0.4 is 5.32 Å². The Kier molecular flexibility index (Phi) is 6.41. The molecule has 0 aromatic rings. The van der Waals surface area contributed by atoms with E-state index in [1.807, 2.05) is 0 Å². The van der Waals surface area contributed by atoms with Crippen LogP contribution >= 0.6 is 0 Å². The zero-order valence-corrected chi connectivity index (χ0v) is 11.9. The van der Waals surface area contributed by atoms with Crippen LogP contribution in [0.25, 0.3) is 0 Å². The monoisotopic (exact) mass is 255 g/mol. The molecule has 1 N–H and O–H groups in total. The number of rotatable bonds is 6. The van der Waals surface area contributed by atoms with Crippen molar-refractivity contribution in [1.82, 2.24) is 15.1 Å². The number of hydrogen-bond donors (Lipinski definition) is 1. The molecule has 0 bridgehead atoms. The quantitative estimate of drug-likeness (QED) is 0.754. The second-order valence-corrected chi connectivity index (χ2v) is 5.74. The fourth-order valence-electron chi connectivity index (χ4n) is 2.80. The van der Waals surface area contributed by atoms with Gasteiger partial charge in [0.1, 0.15) is 0 Å². The van der Waals surface area contributed by atoms with Gasteiger partial charge in [0.25, 0.3) is 0 Å². The Morgan fingerprint density at radius 3 is 2.61 bits per heavy atom. The highest BCUT2D eigenvalue weighted by molar-refractivity contribution is 4.70. The molecule has 106 valence electrons. The Morgan fingerprint density at radius 1 is 1.17 bits per heavy atom. The molecule has 2 aliphatic heterocycles. The molecule has 0 aliphatic carbocycles. The molecule has 0 atom stereocenters. The van der Waals surface area contributed by atoms with Gasteiger partial charge in [-0.15, -0.1) is 0 Å². The Labute approximate surface area is 112 Å². The summed E-state index contributed by atoms with van der Waals surface area (Å²) in [5.74, 6) is 0.903. The predicted molar refractivity (Wildman–Crippen MR) is 75.0 cm³/mol. The van der Waals surface area contributed by atoms with Crippen molar-refractivity contribution in [2.45, 2.75) is 19.3 Å². The number of likely N-dealkylation sites (N-methyl/N-ethyl adjacent to an activating group) is 1. The van der Waals surface area contributed by atoms with Gasteiger partial charge in [0, 0.05) is 52.5 Å². The first-order valence-electron chi connectivity index (χ1n) is 7.54.